The van der Waals surface area contributed by atoms with Crippen LogP contribution in [0.25, 0.3) is 0 Å². The van der Waals surface area contributed by atoms with Gasteiger partial charge in [0.1, 0.15) is 0 Å². The van der Waals surface area contributed by atoms with Gasteiger partial charge in [-0.2, -0.15) is 5.10 Å². The SMILES string of the molecule is C[C@@H]1CCC/C(=N/NC(=O)c2cccc(S(=O)(=O)Nc3ccccc3Cl)c2)C1. The van der Waals surface area contributed by atoms with Gasteiger partial charge in [0.15, 0.2) is 0 Å². The van der Waals surface area contributed by atoms with Crippen molar-refractivity contribution in [3.05, 3.63) is 59.1 Å². The molecule has 0 spiro atoms. The van der Waals surface area contributed by atoms with Gasteiger partial charge in [-0.25, -0.2) is 13.8 Å². The summed E-state index contributed by atoms with van der Waals surface area (Å²) < 4.78 is 27.7. The van der Waals surface area contributed by atoms with E-state index in [0.717, 1.165) is 25.0 Å². The van der Waals surface area contributed by atoms with E-state index in [4.69, 9.17) is 11.6 Å². The van der Waals surface area contributed by atoms with E-state index in [0.29, 0.717) is 5.92 Å². The van der Waals surface area contributed by atoms with Gasteiger partial charge < -0.3 is 0 Å². The van der Waals surface area contributed by atoms with Crippen LogP contribution in [0.3, 0.4) is 0 Å². The highest BCUT2D eigenvalue weighted by Gasteiger charge is 2.18. The number of hydrogen-bond donors (Lipinski definition) is 2. The monoisotopic (exact) mass is 419 g/mol. The molecule has 0 aromatic heterocycles. The van der Waals surface area contributed by atoms with Crippen LogP contribution in [0, 0.1) is 5.92 Å². The highest BCUT2D eigenvalue weighted by molar-refractivity contribution is 7.92. The summed E-state index contributed by atoms with van der Waals surface area (Å²) in [5.41, 5.74) is 4.00. The molecule has 1 saturated carbocycles. The molecule has 6 nitrogen and oxygen atoms in total. The van der Waals surface area contributed by atoms with Gasteiger partial charge in [-0.1, -0.05) is 36.7 Å². The molecule has 148 valence electrons. The lowest BCUT2D eigenvalue weighted by molar-refractivity contribution is 0.0954. The van der Waals surface area contributed by atoms with E-state index in [1.165, 1.54) is 24.6 Å². The predicted octanol–water partition coefficient (Wildman–Crippen LogP) is 4.44. The Kier molecular flexibility index (Phi) is 6.36. The zero-order valence-electron chi connectivity index (χ0n) is 15.5. The van der Waals surface area contributed by atoms with Crippen molar-refractivity contribution in [2.24, 2.45) is 11.0 Å². The lowest BCUT2D eigenvalue weighted by atomic mass is 9.89. The van der Waals surface area contributed by atoms with E-state index in [2.05, 4.69) is 22.2 Å². The Morgan fingerprint density at radius 1 is 1.18 bits per heavy atom. The van der Waals surface area contributed by atoms with Gasteiger partial charge in [-0.3, -0.25) is 9.52 Å². The molecular formula is C20H22ClN3O3S. The van der Waals surface area contributed by atoms with Crippen LogP contribution < -0.4 is 10.1 Å². The number of hydrazone groups is 1. The fourth-order valence-corrected chi connectivity index (χ4v) is 4.47. The second-order valence-electron chi connectivity index (χ2n) is 6.93. The maximum atomic E-state index is 12.6. The summed E-state index contributed by atoms with van der Waals surface area (Å²) in [6, 6.07) is 12.4. The molecule has 1 aliphatic carbocycles. The van der Waals surface area contributed by atoms with Gasteiger partial charge in [0, 0.05) is 11.3 Å². The number of benzene rings is 2. The third kappa shape index (κ3) is 5.11. The Labute approximate surface area is 170 Å². The number of anilines is 1. The molecule has 1 atom stereocenters. The van der Waals surface area contributed by atoms with Crippen molar-refractivity contribution in [1.29, 1.82) is 0 Å². The number of nitrogens with one attached hydrogen (secondary N) is 2. The molecular weight excluding hydrogens is 398 g/mol. The Balaban J connectivity index is 1.75. The largest absolute Gasteiger partial charge is 0.278 e. The standard InChI is InChI=1S/C20H22ClN3O3S/c1-14-6-4-8-16(12-14)22-23-20(25)15-7-5-9-17(13-15)28(26,27)24-19-11-3-2-10-18(19)21/h2-3,5,7,9-11,13-14,24H,4,6,8,12H2,1H3,(H,23,25)/b22-16-/t14-/m1/s1. The molecule has 1 aliphatic rings. The van der Waals surface area contributed by atoms with Gasteiger partial charge in [0.05, 0.1) is 15.6 Å². The molecule has 0 heterocycles. The van der Waals surface area contributed by atoms with E-state index in [-0.39, 0.29) is 21.2 Å². The van der Waals surface area contributed by atoms with E-state index in [9.17, 15) is 13.2 Å². The molecule has 1 amide bonds. The Bertz CT molecular complexity index is 1010. The number of rotatable bonds is 5. The van der Waals surface area contributed by atoms with Crippen LogP contribution in [0.4, 0.5) is 5.69 Å². The molecule has 0 unspecified atom stereocenters. The molecule has 3 rings (SSSR count). The highest BCUT2D eigenvalue weighted by Crippen LogP contribution is 2.24. The number of halogens is 1. The van der Waals surface area contributed by atoms with Crippen LogP contribution in [-0.4, -0.2) is 20.0 Å². The normalized spacial score (nSPS) is 18.6. The van der Waals surface area contributed by atoms with Gasteiger partial charge in [0.2, 0.25) is 0 Å². The van der Waals surface area contributed by atoms with E-state index in [1.54, 1.807) is 30.3 Å². The summed E-state index contributed by atoms with van der Waals surface area (Å²) in [5, 5.41) is 4.51. The van der Waals surface area contributed by atoms with Gasteiger partial charge >= 0.3 is 0 Å². The van der Waals surface area contributed by atoms with Crippen LogP contribution in [-0.2, 0) is 10.0 Å². The first-order valence-electron chi connectivity index (χ1n) is 9.08. The second-order valence-corrected chi connectivity index (χ2v) is 9.02. The molecule has 0 bridgehead atoms. The van der Waals surface area contributed by atoms with Gasteiger partial charge in [0.25, 0.3) is 15.9 Å². The van der Waals surface area contributed by atoms with Crippen LogP contribution in [0.2, 0.25) is 5.02 Å². The second kappa shape index (κ2) is 8.75. The summed E-state index contributed by atoms with van der Waals surface area (Å²) in [4.78, 5) is 12.4. The molecule has 0 saturated heterocycles. The summed E-state index contributed by atoms with van der Waals surface area (Å²) in [5.74, 6) is 0.120. The smallest absolute Gasteiger partial charge is 0.271 e. The zero-order valence-corrected chi connectivity index (χ0v) is 17.1. The lowest BCUT2D eigenvalue weighted by Crippen LogP contribution is -2.22. The highest BCUT2D eigenvalue weighted by atomic mass is 35.5. The minimum atomic E-state index is -3.88. The van der Waals surface area contributed by atoms with Gasteiger partial charge in [-0.05, 0) is 61.9 Å². The summed E-state index contributed by atoms with van der Waals surface area (Å²) in [6.07, 6.45) is 3.99. The molecule has 2 aromatic carbocycles. The number of sulfonamides is 1. The topological polar surface area (TPSA) is 87.6 Å². The number of nitrogens with zero attached hydrogens (tertiary/aromatic N) is 1. The van der Waals surface area contributed by atoms with Crippen LogP contribution in [0.5, 0.6) is 0 Å². The minimum absolute atomic E-state index is 0.0287. The molecule has 28 heavy (non-hydrogen) atoms. The van der Waals surface area contributed by atoms with Crippen molar-refractivity contribution in [2.75, 3.05) is 4.72 Å². The Hall–Kier alpha value is -2.38. The molecule has 0 aliphatic heterocycles. The van der Waals surface area contributed by atoms with Crippen molar-refractivity contribution >= 4 is 38.9 Å². The van der Waals surface area contributed by atoms with Crippen molar-refractivity contribution in [1.82, 2.24) is 5.43 Å². The van der Waals surface area contributed by atoms with Crippen molar-refractivity contribution in [3.8, 4) is 0 Å². The Morgan fingerprint density at radius 3 is 2.71 bits per heavy atom. The molecule has 2 N–H and O–H groups in total. The number of carbonyl (C=O) groups excluding carboxylic acids is 1. The van der Waals surface area contributed by atoms with E-state index in [1.807, 2.05) is 0 Å². The zero-order chi connectivity index (χ0) is 20.1. The maximum Gasteiger partial charge on any atom is 0.271 e. The van der Waals surface area contributed by atoms with Crippen LogP contribution >= 0.6 is 11.6 Å². The average molecular weight is 420 g/mol. The molecule has 1 fully saturated rings. The first-order chi connectivity index (χ1) is 13.3. The first kappa shape index (κ1) is 20.4. The number of para-hydroxylation sites is 1. The quantitative estimate of drug-likeness (QED) is 0.702. The maximum absolute atomic E-state index is 12.6. The minimum Gasteiger partial charge on any atom is -0.278 e. The molecule has 0 radical (unpaired) electrons. The number of hydrogen-bond acceptors (Lipinski definition) is 4. The molecule has 8 heteroatoms. The Morgan fingerprint density at radius 2 is 1.96 bits per heavy atom. The van der Waals surface area contributed by atoms with Crippen LogP contribution in [0.15, 0.2) is 58.5 Å². The molecule has 2 aromatic rings. The van der Waals surface area contributed by atoms with Crippen molar-refractivity contribution in [3.63, 3.8) is 0 Å². The summed E-state index contributed by atoms with van der Waals surface area (Å²) in [6.45, 7) is 2.16. The van der Waals surface area contributed by atoms with E-state index >= 15 is 0 Å². The van der Waals surface area contributed by atoms with E-state index < -0.39 is 15.9 Å². The summed E-state index contributed by atoms with van der Waals surface area (Å²) >= 11 is 6.02. The summed E-state index contributed by atoms with van der Waals surface area (Å²) in [7, 11) is -3.88. The predicted molar refractivity (Wildman–Crippen MR) is 111 cm³/mol. The number of amides is 1. The average Bonchev–Trinajstić information content (AvgIpc) is 2.68. The lowest BCUT2D eigenvalue weighted by Gasteiger charge is -2.18. The fourth-order valence-electron chi connectivity index (χ4n) is 3.11. The van der Waals surface area contributed by atoms with Crippen molar-refractivity contribution < 1.29 is 13.2 Å². The third-order valence-electron chi connectivity index (χ3n) is 4.59. The third-order valence-corrected chi connectivity index (χ3v) is 6.28. The van der Waals surface area contributed by atoms with Crippen molar-refractivity contribution in [2.45, 2.75) is 37.5 Å². The first-order valence-corrected chi connectivity index (χ1v) is 10.9. The number of carbonyl (C=O) groups is 1. The van der Waals surface area contributed by atoms with Crippen LogP contribution in [0.1, 0.15) is 43.0 Å². The fraction of sp³-hybridized carbons (Fsp3) is 0.300. The van der Waals surface area contributed by atoms with Gasteiger partial charge in [-0.15, -0.1) is 0 Å².